The first-order valence-electron chi connectivity index (χ1n) is 11.1. The number of benzene rings is 2. The Hall–Kier alpha value is -5.48. The van der Waals surface area contributed by atoms with Gasteiger partial charge in [-0.1, -0.05) is 16.8 Å². The summed E-state index contributed by atoms with van der Waals surface area (Å²) >= 11 is 0.964. The summed E-state index contributed by atoms with van der Waals surface area (Å²) in [5.41, 5.74) is 14.3. The molecule has 38 heavy (non-hydrogen) atoms. The average Bonchev–Trinajstić information content (AvgIpc) is 3.58. The van der Waals surface area contributed by atoms with Gasteiger partial charge < -0.3 is 21.0 Å². The number of hydrogen-bond acceptors (Lipinski definition) is 11. The number of nitrogens with zero attached hydrogens (tertiary/aromatic N) is 5. The summed E-state index contributed by atoms with van der Waals surface area (Å²) in [7, 11) is 1.53. The lowest BCUT2D eigenvalue weighted by Gasteiger charge is -2.10. The minimum Gasteiger partial charge on any atom is -0.858 e. The fraction of sp³-hybridized carbons (Fsp3) is 0.0400. The van der Waals surface area contributed by atoms with Gasteiger partial charge in [0, 0.05) is 11.5 Å². The third-order valence-electron chi connectivity index (χ3n) is 5.89. The molecule has 0 amide bonds. The fourth-order valence-corrected chi connectivity index (χ4v) is 5.13. The lowest BCUT2D eigenvalue weighted by atomic mass is 10.0. The second-order valence-corrected chi connectivity index (χ2v) is 9.22. The molecule has 6 rings (SSSR count). The van der Waals surface area contributed by atoms with Gasteiger partial charge in [0.05, 0.1) is 27.2 Å². The van der Waals surface area contributed by atoms with Crippen LogP contribution in [0.1, 0.15) is 10.4 Å². The molecule has 6 aromatic rings. The van der Waals surface area contributed by atoms with Crippen molar-refractivity contribution in [3.63, 3.8) is 0 Å². The maximum absolute atomic E-state index is 13.2. The monoisotopic (exact) mass is 524 g/mol. The molecule has 0 fully saturated rings. The molecule has 4 aromatic heterocycles. The van der Waals surface area contributed by atoms with Gasteiger partial charge in [-0.2, -0.15) is 5.26 Å². The Morgan fingerprint density at radius 2 is 1.95 bits per heavy atom. The molecule has 0 aliphatic rings. The number of nitrogens with one attached hydrogen (secondary N) is 1. The van der Waals surface area contributed by atoms with Gasteiger partial charge in [0.1, 0.15) is 27.8 Å². The Bertz CT molecular complexity index is 1970. The van der Waals surface area contributed by atoms with Crippen LogP contribution < -0.4 is 26.9 Å². The fourth-order valence-electron chi connectivity index (χ4n) is 4.13. The zero-order valence-electron chi connectivity index (χ0n) is 19.6. The molecule has 0 unspecified atom stereocenters. The summed E-state index contributed by atoms with van der Waals surface area (Å²) < 4.78 is 11.9. The summed E-state index contributed by atoms with van der Waals surface area (Å²) in [5, 5.41) is 25.5. The average molecular weight is 525 g/mol. The van der Waals surface area contributed by atoms with Gasteiger partial charge in [-0.25, -0.2) is 14.8 Å². The number of oxazole rings is 1. The summed E-state index contributed by atoms with van der Waals surface area (Å²) in [6.07, 6.45) is 0. The van der Waals surface area contributed by atoms with E-state index in [-0.39, 0.29) is 43.4 Å². The first-order valence-corrected chi connectivity index (χ1v) is 11.9. The number of aryl methyl sites for hydroxylation is 1. The molecule has 2 aromatic carbocycles. The van der Waals surface area contributed by atoms with Crippen LogP contribution in [0.3, 0.4) is 0 Å². The van der Waals surface area contributed by atoms with E-state index in [4.69, 9.17) is 20.4 Å². The highest BCUT2D eigenvalue weighted by Gasteiger charge is 2.31. The van der Waals surface area contributed by atoms with Crippen LogP contribution in [0, 0.1) is 11.3 Å². The maximum atomic E-state index is 13.2. The Labute approximate surface area is 216 Å². The third kappa shape index (κ3) is 3.55. The topological polar surface area (TPSA) is 200 Å². The Kier molecular flexibility index (Phi) is 5.18. The highest BCUT2D eigenvalue weighted by atomic mass is 32.1. The van der Waals surface area contributed by atoms with Crippen molar-refractivity contribution in [2.24, 2.45) is 12.0 Å². The Morgan fingerprint density at radius 3 is 2.63 bits per heavy atom. The zero-order valence-corrected chi connectivity index (χ0v) is 20.4. The van der Waals surface area contributed by atoms with E-state index in [1.165, 1.54) is 11.7 Å². The largest absolute Gasteiger partial charge is 0.858 e. The van der Waals surface area contributed by atoms with Crippen molar-refractivity contribution in [3.05, 3.63) is 69.4 Å². The number of rotatable bonds is 4. The number of aromatic amines is 1. The van der Waals surface area contributed by atoms with Crippen molar-refractivity contribution in [2.75, 3.05) is 11.5 Å². The number of aliphatic imine (C=N–C) groups is 1. The molecule has 0 aliphatic heterocycles. The number of para-hydroxylation sites is 2. The Balaban J connectivity index is 1.43. The number of nitrogen functional groups attached to an aromatic ring is 2. The number of pyridine rings is 1. The van der Waals surface area contributed by atoms with E-state index in [9.17, 15) is 15.2 Å². The number of hydrogen-bond donors (Lipinski definition) is 3. The molecular weight excluding hydrogens is 508 g/mol. The van der Waals surface area contributed by atoms with Gasteiger partial charge in [0.2, 0.25) is 5.89 Å². The number of aromatic nitrogens is 4. The van der Waals surface area contributed by atoms with E-state index < -0.39 is 11.5 Å². The van der Waals surface area contributed by atoms with Gasteiger partial charge in [-0.3, -0.25) is 9.52 Å². The lowest BCUT2D eigenvalue weighted by molar-refractivity contribution is -0.730. The number of nitrogens with two attached hydrogens (primary N) is 2. The van der Waals surface area contributed by atoms with Crippen molar-refractivity contribution in [2.45, 2.75) is 0 Å². The van der Waals surface area contributed by atoms with Crippen LogP contribution in [0.15, 0.2) is 67.3 Å². The molecular formula is C25H16N8O4S. The van der Waals surface area contributed by atoms with Crippen molar-refractivity contribution < 1.29 is 18.7 Å². The molecule has 0 radical (unpaired) electrons. The third-order valence-corrected chi connectivity index (χ3v) is 6.98. The van der Waals surface area contributed by atoms with Crippen LogP contribution in [0.5, 0.6) is 0 Å². The SMILES string of the molecule is C[n+]1[nH]oc(=O)c1-c1c(C#N)c(N)nc2sc(C([O-])=Nc3ccc(-c4nc5ccccc5o4)cc3)c(N)c12. The molecule has 4 heterocycles. The molecule has 12 nitrogen and oxygen atoms in total. The molecule has 0 saturated carbocycles. The zero-order chi connectivity index (χ0) is 26.6. The lowest BCUT2D eigenvalue weighted by Crippen LogP contribution is -2.34. The number of fused-ring (bicyclic) bond motifs is 2. The van der Waals surface area contributed by atoms with E-state index in [2.05, 4.69) is 20.2 Å². The van der Waals surface area contributed by atoms with Crippen molar-refractivity contribution in [3.8, 4) is 28.8 Å². The van der Waals surface area contributed by atoms with Gasteiger partial charge in [-0.05, 0) is 41.7 Å². The molecule has 0 bridgehead atoms. The van der Waals surface area contributed by atoms with E-state index in [1.54, 1.807) is 24.3 Å². The van der Waals surface area contributed by atoms with Gasteiger partial charge in [-0.15, -0.1) is 11.3 Å². The molecule has 0 atom stereocenters. The predicted octanol–water partition coefficient (Wildman–Crippen LogP) is 2.35. The standard InChI is InChI=1S/C25H16N8O4S/c1-33-19(25(35)37-32-33)16-13(10-26)21(28)31-24-17(16)18(27)20(38-24)22(34)29-12-8-6-11(7-9-12)23-30-14-4-2-3-5-15(14)36-23/h2-9H,1H3,(H5-,27,28,29,30,31,32,34,35). The summed E-state index contributed by atoms with van der Waals surface area (Å²) in [6.45, 7) is 0. The first-order chi connectivity index (χ1) is 18.4. The minimum atomic E-state index is -0.738. The second kappa shape index (κ2) is 8.57. The number of anilines is 2. The van der Waals surface area contributed by atoms with Crippen LogP contribution in [0.2, 0.25) is 0 Å². The summed E-state index contributed by atoms with van der Waals surface area (Å²) in [6, 6.07) is 16.2. The normalized spacial score (nSPS) is 11.8. The van der Waals surface area contributed by atoms with Crippen LogP contribution in [0.4, 0.5) is 17.2 Å². The quantitative estimate of drug-likeness (QED) is 0.176. The molecule has 0 saturated heterocycles. The van der Waals surface area contributed by atoms with Crippen molar-refractivity contribution in [1.29, 1.82) is 5.26 Å². The first kappa shape index (κ1) is 23.0. The van der Waals surface area contributed by atoms with E-state index in [1.807, 2.05) is 30.3 Å². The highest BCUT2D eigenvalue weighted by molar-refractivity contribution is 7.21. The van der Waals surface area contributed by atoms with Crippen LogP contribution >= 0.6 is 11.3 Å². The van der Waals surface area contributed by atoms with Gasteiger partial charge in [0.25, 0.3) is 0 Å². The van der Waals surface area contributed by atoms with E-state index in [0.717, 1.165) is 22.4 Å². The van der Waals surface area contributed by atoms with E-state index >= 15 is 0 Å². The van der Waals surface area contributed by atoms with E-state index in [0.29, 0.717) is 17.2 Å². The minimum absolute atomic E-state index is 0.0101. The van der Waals surface area contributed by atoms with Crippen LogP contribution in [-0.2, 0) is 7.05 Å². The van der Waals surface area contributed by atoms with Crippen molar-refractivity contribution >= 4 is 55.7 Å². The number of thiophene rings is 1. The maximum Gasteiger partial charge on any atom is 0.435 e. The predicted molar refractivity (Wildman–Crippen MR) is 138 cm³/mol. The molecule has 5 N–H and O–H groups in total. The Morgan fingerprint density at radius 1 is 1.18 bits per heavy atom. The van der Waals surface area contributed by atoms with Crippen LogP contribution in [0.25, 0.3) is 44.0 Å². The number of nitriles is 1. The molecule has 0 spiro atoms. The van der Waals surface area contributed by atoms with Gasteiger partial charge >= 0.3 is 11.3 Å². The smallest absolute Gasteiger partial charge is 0.435 e. The van der Waals surface area contributed by atoms with Crippen LogP contribution in [-0.4, -0.2) is 21.1 Å². The number of H-pyrrole nitrogens is 1. The summed E-state index contributed by atoms with van der Waals surface area (Å²) in [4.78, 5) is 25.7. The molecule has 13 heteroatoms. The highest BCUT2D eigenvalue weighted by Crippen LogP contribution is 2.41. The second-order valence-electron chi connectivity index (χ2n) is 8.22. The van der Waals surface area contributed by atoms with Crippen molar-refractivity contribution in [1.82, 2.24) is 15.2 Å². The van der Waals surface area contributed by atoms with Gasteiger partial charge in [0.15, 0.2) is 12.6 Å². The molecule has 186 valence electrons. The summed E-state index contributed by atoms with van der Waals surface area (Å²) in [5.74, 6) is -0.277. The molecule has 0 aliphatic carbocycles.